The van der Waals surface area contributed by atoms with Gasteiger partial charge in [0.25, 0.3) is 17.4 Å². The average Bonchev–Trinajstić information content (AvgIpc) is 2.85. The Balaban J connectivity index is 2.11. The summed E-state index contributed by atoms with van der Waals surface area (Å²) in [5.41, 5.74) is -5.21. The van der Waals surface area contributed by atoms with Gasteiger partial charge in [-0.25, -0.2) is 13.2 Å². The average molecular weight is 563 g/mol. The van der Waals surface area contributed by atoms with Crippen molar-refractivity contribution < 1.29 is 40.7 Å². The van der Waals surface area contributed by atoms with Crippen LogP contribution in [0.25, 0.3) is 0 Å². The molecule has 1 aromatic carbocycles. The van der Waals surface area contributed by atoms with Gasteiger partial charge >= 0.3 is 6.36 Å². The molecule has 0 aliphatic heterocycles. The van der Waals surface area contributed by atoms with Gasteiger partial charge < -0.3 is 10.1 Å². The van der Waals surface area contributed by atoms with E-state index in [9.17, 15) is 41.2 Å². The molecule has 1 fully saturated rings. The minimum atomic E-state index is -5.01. The van der Waals surface area contributed by atoms with Crippen LogP contribution in [0.15, 0.2) is 42.7 Å². The number of nitriles is 1. The number of benzene rings is 1. The van der Waals surface area contributed by atoms with E-state index >= 15 is 0 Å². The molecule has 1 saturated carbocycles. The van der Waals surface area contributed by atoms with Gasteiger partial charge in [0, 0.05) is 42.5 Å². The van der Waals surface area contributed by atoms with E-state index in [0.717, 1.165) is 30.5 Å². The lowest BCUT2D eigenvalue weighted by Gasteiger charge is -2.41. The SMILES string of the molecule is C[C@@](C(=O)NC1CCC(F)(F)CC1)(c1cncc(C#N)c1)N(C(=O)[C@H](F)Cl)c1ccc(OC(F)(F)F)cc1. The molecule has 1 N–H and O–H groups in total. The molecule has 2 amide bonds. The zero-order valence-corrected chi connectivity index (χ0v) is 20.5. The smallest absolute Gasteiger partial charge is 0.406 e. The predicted molar refractivity (Wildman–Crippen MR) is 123 cm³/mol. The maximum absolute atomic E-state index is 14.2. The molecule has 7 nitrogen and oxygen atoms in total. The van der Waals surface area contributed by atoms with E-state index in [0.29, 0.717) is 4.90 Å². The van der Waals surface area contributed by atoms with Crippen molar-refractivity contribution in [3.05, 3.63) is 53.9 Å². The molecule has 3 rings (SSSR count). The van der Waals surface area contributed by atoms with Crippen molar-refractivity contribution in [2.45, 2.75) is 62.1 Å². The molecule has 1 aromatic heterocycles. The molecular formula is C24H21ClF6N4O3. The van der Waals surface area contributed by atoms with Crippen LogP contribution in [-0.4, -0.2) is 40.8 Å². The van der Waals surface area contributed by atoms with E-state index < -0.39 is 59.9 Å². The summed E-state index contributed by atoms with van der Waals surface area (Å²) in [6, 6.07) is 5.96. The zero-order chi connectivity index (χ0) is 28.3. The summed E-state index contributed by atoms with van der Waals surface area (Å²) in [7, 11) is 0. The third-order valence-corrected chi connectivity index (χ3v) is 6.29. The molecule has 14 heteroatoms. The van der Waals surface area contributed by atoms with Crippen LogP contribution >= 0.6 is 11.6 Å². The van der Waals surface area contributed by atoms with Crippen LogP contribution in [0.1, 0.15) is 43.7 Å². The molecule has 0 radical (unpaired) electrons. The van der Waals surface area contributed by atoms with E-state index in [1.807, 2.05) is 6.07 Å². The summed E-state index contributed by atoms with van der Waals surface area (Å²) in [6.45, 7) is 1.19. The first kappa shape index (κ1) is 29.0. The minimum Gasteiger partial charge on any atom is -0.406 e. The number of rotatable bonds is 7. The lowest BCUT2D eigenvalue weighted by atomic mass is 9.86. The molecule has 0 bridgehead atoms. The number of anilines is 1. The van der Waals surface area contributed by atoms with Gasteiger partial charge in [-0.3, -0.25) is 19.5 Å². The number of amides is 2. The van der Waals surface area contributed by atoms with Gasteiger partial charge in [-0.15, -0.1) is 13.2 Å². The fraction of sp³-hybridized carbons (Fsp3) is 0.417. The Labute approximate surface area is 218 Å². The summed E-state index contributed by atoms with van der Waals surface area (Å²) in [4.78, 5) is 31.3. The summed E-state index contributed by atoms with van der Waals surface area (Å²) < 4.78 is 83.2. The second kappa shape index (κ2) is 11.1. The molecule has 2 atom stereocenters. The van der Waals surface area contributed by atoms with Gasteiger partial charge in [0.15, 0.2) is 5.54 Å². The highest BCUT2D eigenvalue weighted by Gasteiger charge is 2.48. The molecule has 0 saturated heterocycles. The number of alkyl halides is 7. The highest BCUT2D eigenvalue weighted by atomic mass is 35.5. The van der Waals surface area contributed by atoms with E-state index in [1.54, 1.807) is 0 Å². The molecule has 0 unspecified atom stereocenters. The van der Waals surface area contributed by atoms with Gasteiger partial charge in [0.05, 0.1) is 5.56 Å². The Morgan fingerprint density at radius 3 is 2.34 bits per heavy atom. The number of ether oxygens (including phenoxy) is 1. The Morgan fingerprint density at radius 1 is 1.21 bits per heavy atom. The van der Waals surface area contributed by atoms with Crippen LogP contribution in [0.3, 0.4) is 0 Å². The van der Waals surface area contributed by atoms with Crippen molar-refractivity contribution >= 4 is 29.1 Å². The van der Waals surface area contributed by atoms with Crippen LogP contribution in [0.4, 0.5) is 32.0 Å². The molecule has 0 spiro atoms. The fourth-order valence-electron chi connectivity index (χ4n) is 4.14. The normalized spacial score (nSPS) is 18.0. The topological polar surface area (TPSA) is 95.3 Å². The van der Waals surface area contributed by atoms with Crippen LogP contribution in [-0.2, 0) is 15.1 Å². The zero-order valence-electron chi connectivity index (χ0n) is 19.7. The van der Waals surface area contributed by atoms with Crippen molar-refractivity contribution in [1.82, 2.24) is 10.3 Å². The van der Waals surface area contributed by atoms with Crippen molar-refractivity contribution in [3.63, 3.8) is 0 Å². The second-order valence-corrected chi connectivity index (χ2v) is 9.15. The summed E-state index contributed by atoms with van der Waals surface area (Å²) in [5, 5.41) is 11.9. The third kappa shape index (κ3) is 6.66. The molecule has 1 aliphatic carbocycles. The highest BCUT2D eigenvalue weighted by molar-refractivity contribution is 6.32. The lowest BCUT2D eigenvalue weighted by molar-refractivity contribution is -0.274. The summed E-state index contributed by atoms with van der Waals surface area (Å²) in [5.74, 6) is -5.94. The second-order valence-electron chi connectivity index (χ2n) is 8.77. The molecular weight excluding hydrogens is 542 g/mol. The van der Waals surface area contributed by atoms with E-state index in [1.165, 1.54) is 19.2 Å². The largest absolute Gasteiger partial charge is 0.573 e. The van der Waals surface area contributed by atoms with Gasteiger partial charge in [0.2, 0.25) is 5.92 Å². The minimum absolute atomic E-state index is 0.0252. The maximum Gasteiger partial charge on any atom is 0.573 e. The number of carbonyl (C=O) groups excluding carboxylic acids is 2. The monoisotopic (exact) mass is 562 g/mol. The van der Waals surface area contributed by atoms with Crippen LogP contribution in [0, 0.1) is 11.3 Å². The Kier molecular flexibility index (Phi) is 8.45. The first-order chi connectivity index (χ1) is 17.7. The van der Waals surface area contributed by atoms with Crippen LogP contribution in [0.2, 0.25) is 0 Å². The molecule has 1 aliphatic rings. The maximum atomic E-state index is 14.2. The Bertz CT molecular complexity index is 1210. The van der Waals surface area contributed by atoms with E-state index in [2.05, 4.69) is 15.0 Å². The first-order valence-corrected chi connectivity index (χ1v) is 11.6. The van der Waals surface area contributed by atoms with Gasteiger partial charge in [0.1, 0.15) is 11.8 Å². The van der Waals surface area contributed by atoms with Crippen molar-refractivity contribution in [2.24, 2.45) is 0 Å². The molecule has 1 heterocycles. The van der Waals surface area contributed by atoms with E-state index in [-0.39, 0.29) is 29.7 Å². The molecule has 204 valence electrons. The van der Waals surface area contributed by atoms with Crippen molar-refractivity contribution in [2.75, 3.05) is 4.90 Å². The standard InChI is InChI=1S/C24H21ClF6N4O3/c1-22(15-10-14(11-32)12-33-13-15,21(37)34-16-6-8-23(27,28)9-7-16)35(20(36)19(25)26)17-2-4-18(5-3-17)38-24(29,30)31/h2-5,10,12-13,16,19H,6-9H2,1H3,(H,34,37)/t19-,22-/m0/s1. The Morgan fingerprint density at radius 2 is 1.82 bits per heavy atom. The number of hydrogen-bond acceptors (Lipinski definition) is 5. The number of aromatic nitrogens is 1. The molecule has 2 aromatic rings. The number of carbonyl (C=O) groups is 2. The lowest BCUT2D eigenvalue weighted by Crippen LogP contribution is -2.60. The Hall–Kier alpha value is -3.53. The quantitative estimate of drug-likeness (QED) is 0.364. The van der Waals surface area contributed by atoms with Crippen LogP contribution < -0.4 is 15.0 Å². The third-order valence-electron chi connectivity index (χ3n) is 6.11. The van der Waals surface area contributed by atoms with Gasteiger partial charge in [-0.2, -0.15) is 5.26 Å². The molecule has 38 heavy (non-hydrogen) atoms. The summed E-state index contributed by atoms with van der Waals surface area (Å²) >= 11 is 5.46. The fourth-order valence-corrected chi connectivity index (χ4v) is 4.24. The summed E-state index contributed by atoms with van der Waals surface area (Å²) in [6.07, 6.45) is -3.84. The van der Waals surface area contributed by atoms with Crippen molar-refractivity contribution in [1.29, 1.82) is 5.26 Å². The van der Waals surface area contributed by atoms with Crippen molar-refractivity contribution in [3.8, 4) is 11.8 Å². The highest BCUT2D eigenvalue weighted by Crippen LogP contribution is 2.38. The van der Waals surface area contributed by atoms with Gasteiger partial charge in [-0.05, 0) is 50.1 Å². The number of halogens is 7. The predicted octanol–water partition coefficient (Wildman–Crippen LogP) is 5.33. The van der Waals surface area contributed by atoms with Gasteiger partial charge in [-0.1, -0.05) is 11.6 Å². The first-order valence-electron chi connectivity index (χ1n) is 11.2. The number of nitrogens with one attached hydrogen (secondary N) is 1. The van der Waals surface area contributed by atoms with E-state index in [4.69, 9.17) is 11.6 Å². The number of hydrogen-bond donors (Lipinski definition) is 1. The number of nitrogens with zero attached hydrogens (tertiary/aromatic N) is 3. The number of pyridine rings is 1. The van der Waals surface area contributed by atoms with Crippen LogP contribution in [0.5, 0.6) is 5.75 Å².